The van der Waals surface area contributed by atoms with Crippen molar-refractivity contribution in [3.8, 4) is 0 Å². The molecule has 1 aliphatic rings. The van der Waals surface area contributed by atoms with E-state index >= 15 is 0 Å². The van der Waals surface area contributed by atoms with Gasteiger partial charge in [-0.15, -0.1) is 11.3 Å². The third-order valence-electron chi connectivity index (χ3n) is 1.62. The van der Waals surface area contributed by atoms with Crippen LogP contribution in [0.4, 0.5) is 0 Å². The predicted octanol–water partition coefficient (Wildman–Crippen LogP) is 1.55. The SMILES string of the molecule is O=C1C=CNCc2ccsc21. The van der Waals surface area contributed by atoms with Crippen LogP contribution in [-0.2, 0) is 6.54 Å². The topological polar surface area (TPSA) is 29.1 Å². The van der Waals surface area contributed by atoms with E-state index in [9.17, 15) is 4.79 Å². The molecule has 0 atom stereocenters. The molecule has 1 aromatic rings. The van der Waals surface area contributed by atoms with Crippen molar-refractivity contribution >= 4 is 17.1 Å². The molecule has 11 heavy (non-hydrogen) atoms. The van der Waals surface area contributed by atoms with Crippen LogP contribution in [0.3, 0.4) is 0 Å². The van der Waals surface area contributed by atoms with Gasteiger partial charge in [-0.05, 0) is 17.0 Å². The minimum Gasteiger partial charge on any atom is -0.387 e. The van der Waals surface area contributed by atoms with E-state index in [1.807, 2.05) is 11.4 Å². The molecule has 0 amide bonds. The molecule has 0 radical (unpaired) electrons. The summed E-state index contributed by atoms with van der Waals surface area (Å²) < 4.78 is 0. The van der Waals surface area contributed by atoms with Crippen molar-refractivity contribution in [2.45, 2.75) is 6.54 Å². The summed E-state index contributed by atoms with van der Waals surface area (Å²) in [5.74, 6) is 0.111. The monoisotopic (exact) mass is 165 g/mol. The molecule has 3 heteroatoms. The van der Waals surface area contributed by atoms with Gasteiger partial charge in [-0.2, -0.15) is 0 Å². The van der Waals surface area contributed by atoms with E-state index < -0.39 is 0 Å². The van der Waals surface area contributed by atoms with E-state index in [2.05, 4.69) is 5.32 Å². The van der Waals surface area contributed by atoms with E-state index in [1.54, 1.807) is 12.3 Å². The molecule has 2 heterocycles. The lowest BCUT2D eigenvalue weighted by Gasteiger charge is -1.94. The molecule has 0 bridgehead atoms. The van der Waals surface area contributed by atoms with Gasteiger partial charge in [0.1, 0.15) is 0 Å². The summed E-state index contributed by atoms with van der Waals surface area (Å²) in [5.41, 5.74) is 1.10. The van der Waals surface area contributed by atoms with Gasteiger partial charge in [0.05, 0.1) is 4.88 Å². The highest BCUT2D eigenvalue weighted by Gasteiger charge is 2.11. The maximum atomic E-state index is 11.3. The second kappa shape index (κ2) is 2.51. The van der Waals surface area contributed by atoms with E-state index in [1.165, 1.54) is 11.3 Å². The summed E-state index contributed by atoms with van der Waals surface area (Å²) in [6, 6.07) is 1.98. The van der Waals surface area contributed by atoms with Crippen LogP contribution in [0.2, 0.25) is 0 Å². The normalized spacial score (nSPS) is 15.5. The van der Waals surface area contributed by atoms with Gasteiger partial charge < -0.3 is 5.32 Å². The third-order valence-corrected chi connectivity index (χ3v) is 2.59. The lowest BCUT2D eigenvalue weighted by atomic mass is 10.2. The number of fused-ring (bicyclic) bond motifs is 1. The van der Waals surface area contributed by atoms with Gasteiger partial charge in [0.25, 0.3) is 0 Å². The lowest BCUT2D eigenvalue weighted by Crippen LogP contribution is -2.01. The summed E-state index contributed by atoms with van der Waals surface area (Å²) in [6.45, 7) is 0.765. The van der Waals surface area contributed by atoms with Gasteiger partial charge >= 0.3 is 0 Å². The summed E-state index contributed by atoms with van der Waals surface area (Å²) in [5, 5.41) is 4.97. The summed E-state index contributed by atoms with van der Waals surface area (Å²) in [4.78, 5) is 12.1. The number of hydrogen-bond acceptors (Lipinski definition) is 3. The maximum absolute atomic E-state index is 11.3. The van der Waals surface area contributed by atoms with Gasteiger partial charge in [0.2, 0.25) is 0 Å². The quantitative estimate of drug-likeness (QED) is 0.632. The van der Waals surface area contributed by atoms with Gasteiger partial charge in [-0.3, -0.25) is 4.79 Å². The predicted molar refractivity (Wildman–Crippen MR) is 44.6 cm³/mol. The molecule has 0 aromatic carbocycles. The van der Waals surface area contributed by atoms with Crippen LogP contribution in [0, 0.1) is 0 Å². The number of hydrogen-bond donors (Lipinski definition) is 1. The lowest BCUT2D eigenvalue weighted by molar-refractivity contribution is 0.105. The molecular formula is C8H7NOS. The smallest absolute Gasteiger partial charge is 0.197 e. The number of carbonyl (C=O) groups excluding carboxylic acids is 1. The van der Waals surface area contributed by atoms with Crippen LogP contribution in [-0.4, -0.2) is 5.78 Å². The minimum absolute atomic E-state index is 0.111. The number of ketones is 1. The van der Waals surface area contributed by atoms with Gasteiger partial charge in [0.15, 0.2) is 5.78 Å². The summed E-state index contributed by atoms with van der Waals surface area (Å²) in [6.07, 6.45) is 3.28. The molecule has 1 N–H and O–H groups in total. The Morgan fingerprint density at radius 3 is 3.36 bits per heavy atom. The van der Waals surface area contributed by atoms with Gasteiger partial charge in [-0.1, -0.05) is 0 Å². The van der Waals surface area contributed by atoms with Crippen LogP contribution in [0.5, 0.6) is 0 Å². The average Bonchev–Trinajstić information content (AvgIpc) is 2.40. The molecule has 0 spiro atoms. The summed E-state index contributed by atoms with van der Waals surface area (Å²) >= 11 is 1.51. The Kier molecular flexibility index (Phi) is 1.51. The molecule has 2 nitrogen and oxygen atoms in total. The van der Waals surface area contributed by atoms with Gasteiger partial charge in [-0.25, -0.2) is 0 Å². The maximum Gasteiger partial charge on any atom is 0.197 e. The zero-order chi connectivity index (χ0) is 7.68. The van der Waals surface area contributed by atoms with Crippen LogP contribution in [0.1, 0.15) is 15.2 Å². The molecule has 2 rings (SSSR count). The van der Waals surface area contributed by atoms with Crippen molar-refractivity contribution in [3.63, 3.8) is 0 Å². The zero-order valence-corrected chi connectivity index (χ0v) is 6.65. The summed E-state index contributed by atoms with van der Waals surface area (Å²) in [7, 11) is 0. The number of nitrogens with one attached hydrogen (secondary N) is 1. The Morgan fingerprint density at radius 1 is 1.55 bits per heavy atom. The van der Waals surface area contributed by atoms with Crippen LogP contribution < -0.4 is 5.32 Å². The number of allylic oxidation sites excluding steroid dienone is 1. The van der Waals surface area contributed by atoms with Crippen molar-refractivity contribution in [1.82, 2.24) is 5.32 Å². The molecule has 0 saturated heterocycles. The van der Waals surface area contributed by atoms with E-state index in [0.717, 1.165) is 17.0 Å². The Hall–Kier alpha value is -1.09. The Morgan fingerprint density at radius 2 is 2.45 bits per heavy atom. The number of rotatable bonds is 0. The standard InChI is InChI=1S/C8H7NOS/c10-7-1-3-9-5-6-2-4-11-8(6)7/h1-4,9H,5H2. The van der Waals surface area contributed by atoms with E-state index in [-0.39, 0.29) is 5.78 Å². The van der Waals surface area contributed by atoms with Crippen molar-refractivity contribution in [3.05, 3.63) is 34.2 Å². The minimum atomic E-state index is 0.111. The molecule has 56 valence electrons. The highest BCUT2D eigenvalue weighted by atomic mass is 32.1. The number of carbonyl (C=O) groups is 1. The second-order valence-corrected chi connectivity index (χ2v) is 3.27. The third kappa shape index (κ3) is 1.07. The molecule has 0 fully saturated rings. The molecular weight excluding hydrogens is 158 g/mol. The highest BCUT2D eigenvalue weighted by Crippen LogP contribution is 2.18. The molecule has 0 aliphatic carbocycles. The van der Waals surface area contributed by atoms with Crippen molar-refractivity contribution in [2.75, 3.05) is 0 Å². The zero-order valence-electron chi connectivity index (χ0n) is 5.83. The van der Waals surface area contributed by atoms with Gasteiger partial charge in [0, 0.05) is 18.8 Å². The first-order valence-electron chi connectivity index (χ1n) is 3.38. The number of thiophene rings is 1. The molecule has 1 aliphatic heterocycles. The largest absolute Gasteiger partial charge is 0.387 e. The fourth-order valence-electron chi connectivity index (χ4n) is 1.07. The second-order valence-electron chi connectivity index (χ2n) is 2.35. The Balaban J connectivity index is 2.51. The molecule has 0 saturated carbocycles. The van der Waals surface area contributed by atoms with Crippen molar-refractivity contribution < 1.29 is 4.79 Å². The van der Waals surface area contributed by atoms with E-state index in [0.29, 0.717) is 0 Å². The molecule has 1 aromatic heterocycles. The van der Waals surface area contributed by atoms with Crippen molar-refractivity contribution in [1.29, 1.82) is 0 Å². The first-order valence-corrected chi connectivity index (χ1v) is 4.26. The fraction of sp³-hybridized carbons (Fsp3) is 0.125. The van der Waals surface area contributed by atoms with Crippen LogP contribution in [0.15, 0.2) is 23.7 Å². The van der Waals surface area contributed by atoms with Crippen molar-refractivity contribution in [2.24, 2.45) is 0 Å². The van der Waals surface area contributed by atoms with Crippen LogP contribution in [0.25, 0.3) is 0 Å². The fourth-order valence-corrected chi connectivity index (χ4v) is 1.91. The first-order chi connectivity index (χ1) is 5.38. The van der Waals surface area contributed by atoms with Crippen LogP contribution >= 0.6 is 11.3 Å². The Bertz CT molecular complexity index is 314. The Labute approximate surface area is 68.5 Å². The molecule has 0 unspecified atom stereocenters. The van der Waals surface area contributed by atoms with E-state index in [4.69, 9.17) is 0 Å². The highest BCUT2D eigenvalue weighted by molar-refractivity contribution is 7.12. The average molecular weight is 165 g/mol. The first kappa shape index (κ1) is 6.61.